The highest BCUT2D eigenvalue weighted by Gasteiger charge is 2.60. The predicted octanol–water partition coefficient (Wildman–Crippen LogP) is 14.3. The average Bonchev–Trinajstić information content (AvgIpc) is 0.753. The van der Waals surface area contributed by atoms with Gasteiger partial charge in [-0.1, -0.05) is 340 Å². The van der Waals surface area contributed by atoms with Crippen LogP contribution in [-0.2, 0) is 42.8 Å². The van der Waals surface area contributed by atoms with Gasteiger partial charge in [0.15, 0.2) is 12.6 Å². The van der Waals surface area contributed by atoms with Crippen molar-refractivity contribution in [3.8, 4) is 0 Å². The number of carboxylic acids is 1. The molecule has 18 unspecified atom stereocenters. The zero-order valence-electron chi connectivity index (χ0n) is 69.6. The zero-order chi connectivity index (χ0) is 81.0. The number of hydrogen-bond donors (Lipinski definition) is 14. The van der Waals surface area contributed by atoms with Gasteiger partial charge in [-0.05, 0) is 44.9 Å². The Morgan fingerprint density at radius 1 is 0.468 bits per heavy atom. The van der Waals surface area contributed by atoms with Gasteiger partial charge in [0.1, 0.15) is 67.1 Å². The van der Waals surface area contributed by atoms with Gasteiger partial charge in [0.05, 0.1) is 50.7 Å². The lowest BCUT2D eigenvalue weighted by molar-refractivity contribution is -0.386. The minimum absolute atomic E-state index is 0.226. The van der Waals surface area contributed by atoms with Crippen molar-refractivity contribution in [3.63, 3.8) is 0 Å². The Kier molecular flexibility index (Phi) is 61.0. The molecule has 3 fully saturated rings. The summed E-state index contributed by atoms with van der Waals surface area (Å²) in [5.41, 5.74) is 0. The van der Waals surface area contributed by atoms with Gasteiger partial charge in [-0.2, -0.15) is 0 Å². The smallest absolute Gasteiger partial charge is 0.364 e. The molecular weight excluding hydrogens is 1420 g/mol. The number of aliphatic hydroxyl groups excluding tert-OH is 11. The van der Waals surface area contributed by atoms with E-state index in [1.165, 1.54) is 270 Å². The fraction of sp³-hybridized carbons (Fsp3) is 0.920. The molecule has 3 rings (SSSR count). The number of allylic oxidation sites excluding steroid dienone is 4. The van der Waals surface area contributed by atoms with Gasteiger partial charge in [-0.15, -0.1) is 0 Å². The third-order valence-corrected chi connectivity index (χ3v) is 22.9. The Balaban J connectivity index is 1.42. The maximum Gasteiger partial charge on any atom is 0.364 e. The van der Waals surface area contributed by atoms with Crippen LogP contribution in [0.3, 0.4) is 0 Å². The van der Waals surface area contributed by atoms with Crippen molar-refractivity contribution in [2.75, 3.05) is 26.4 Å². The van der Waals surface area contributed by atoms with Crippen LogP contribution in [0.4, 0.5) is 0 Å². The summed E-state index contributed by atoms with van der Waals surface area (Å²) in [6, 6.07) is -2.53. The van der Waals surface area contributed by atoms with Crippen LogP contribution >= 0.6 is 0 Å². The second-order valence-corrected chi connectivity index (χ2v) is 32.8. The summed E-state index contributed by atoms with van der Waals surface area (Å²) in [7, 11) is 0. The van der Waals surface area contributed by atoms with Crippen LogP contribution in [-0.4, -0.2) is 215 Å². The molecule has 111 heavy (non-hydrogen) atoms. The fourth-order valence-electron chi connectivity index (χ4n) is 15.8. The van der Waals surface area contributed by atoms with E-state index in [1.807, 2.05) is 0 Å². The molecule has 0 aromatic carbocycles. The number of amides is 2. The molecule has 14 N–H and O–H groups in total. The summed E-state index contributed by atoms with van der Waals surface area (Å²) in [5, 5.41) is 137. The lowest BCUT2D eigenvalue weighted by atomic mass is 9.88. The molecule has 3 aliphatic heterocycles. The highest BCUT2D eigenvalue weighted by molar-refractivity contribution is 5.77. The number of aliphatic hydroxyl groups is 11. The Labute approximate surface area is 670 Å². The molecule has 18 atom stereocenters. The number of aliphatic carboxylic acids is 1. The molecular formula is C88H164N2O21. The average molecular weight is 1590 g/mol. The first-order chi connectivity index (χ1) is 53.9. The molecule has 0 aliphatic carbocycles. The quantitative estimate of drug-likeness (QED) is 0.0199. The van der Waals surface area contributed by atoms with Gasteiger partial charge in [0, 0.05) is 19.8 Å². The number of hydrogen-bond acceptors (Lipinski definition) is 20. The lowest BCUT2D eigenvalue weighted by Gasteiger charge is -2.50. The highest BCUT2D eigenvalue weighted by Crippen LogP contribution is 2.39. The van der Waals surface area contributed by atoms with E-state index in [0.29, 0.717) is 19.3 Å². The molecule has 0 aromatic heterocycles. The van der Waals surface area contributed by atoms with Crippen molar-refractivity contribution in [2.24, 2.45) is 0 Å². The lowest BCUT2D eigenvalue weighted by Crippen LogP contribution is -2.70. The van der Waals surface area contributed by atoms with Crippen molar-refractivity contribution in [3.05, 3.63) is 24.3 Å². The second kappa shape index (κ2) is 66.2. The predicted molar refractivity (Wildman–Crippen MR) is 435 cm³/mol. The van der Waals surface area contributed by atoms with Gasteiger partial charge in [-0.25, -0.2) is 4.79 Å². The number of carbonyl (C=O) groups excluding carboxylic acids is 2. The second-order valence-electron chi connectivity index (χ2n) is 32.8. The van der Waals surface area contributed by atoms with Crippen LogP contribution < -0.4 is 10.6 Å². The van der Waals surface area contributed by atoms with Crippen molar-refractivity contribution in [2.45, 2.75) is 490 Å². The zero-order valence-corrected chi connectivity index (χ0v) is 69.6. The monoisotopic (exact) mass is 1590 g/mol. The number of rotatable bonds is 73. The SMILES string of the molecule is CCCCCCCCCCCCCCC/C=C\C/C=C\CCCCCCCCCCCCCCCCCCCC(=O)NC(COC1OC(CO)C(OC2OC(CO)C(O)C(OC3(C(=O)O)CC(O)C(NC(C)=O)C(C(O)C(O)CO)O3)C2O)C(O)C1O)C(O)CCCCCCCCCCCCCCCCCCCCCC. The normalized spacial score (nSPS) is 25.5. The highest BCUT2D eigenvalue weighted by atomic mass is 16.8. The molecule has 0 radical (unpaired) electrons. The van der Waals surface area contributed by atoms with Crippen molar-refractivity contribution in [1.82, 2.24) is 10.6 Å². The summed E-state index contributed by atoms with van der Waals surface area (Å²) in [5.74, 6) is -6.09. The molecule has 3 saturated heterocycles. The van der Waals surface area contributed by atoms with E-state index < -0.39 is 148 Å². The maximum atomic E-state index is 13.6. The summed E-state index contributed by atoms with van der Waals surface area (Å²) in [6.07, 6.45) is 47.6. The Morgan fingerprint density at radius 2 is 0.865 bits per heavy atom. The Hall–Kier alpha value is -2.79. The molecule has 0 spiro atoms. The molecule has 2 amide bonds. The van der Waals surface area contributed by atoms with E-state index in [-0.39, 0.29) is 18.9 Å². The van der Waals surface area contributed by atoms with Crippen LogP contribution in [0.25, 0.3) is 0 Å². The summed E-state index contributed by atoms with van der Waals surface area (Å²) < 4.78 is 35.0. The van der Waals surface area contributed by atoms with Crippen molar-refractivity contribution >= 4 is 17.8 Å². The van der Waals surface area contributed by atoms with Crippen LogP contribution in [0.1, 0.15) is 380 Å². The fourth-order valence-corrected chi connectivity index (χ4v) is 15.8. The van der Waals surface area contributed by atoms with E-state index in [1.54, 1.807) is 0 Å². The van der Waals surface area contributed by atoms with Crippen molar-refractivity contribution < 1.29 is 104 Å². The van der Waals surface area contributed by atoms with Gasteiger partial charge in [0.25, 0.3) is 5.79 Å². The maximum absolute atomic E-state index is 13.6. The van der Waals surface area contributed by atoms with Gasteiger partial charge in [0.2, 0.25) is 11.8 Å². The van der Waals surface area contributed by atoms with Crippen LogP contribution in [0, 0.1) is 0 Å². The third-order valence-electron chi connectivity index (χ3n) is 22.9. The number of nitrogens with one attached hydrogen (secondary N) is 2. The first-order valence-corrected chi connectivity index (χ1v) is 45.2. The summed E-state index contributed by atoms with van der Waals surface area (Å²) in [6.45, 7) is 2.27. The molecule has 0 bridgehead atoms. The first kappa shape index (κ1) is 102. The number of ether oxygens (including phenoxy) is 6. The summed E-state index contributed by atoms with van der Waals surface area (Å²) >= 11 is 0. The molecule has 3 aliphatic rings. The van der Waals surface area contributed by atoms with Gasteiger partial charge in [-0.3, -0.25) is 9.59 Å². The van der Waals surface area contributed by atoms with Crippen LogP contribution in [0.2, 0.25) is 0 Å². The largest absolute Gasteiger partial charge is 0.477 e. The molecule has 0 aromatic rings. The van der Waals surface area contributed by atoms with Crippen molar-refractivity contribution in [1.29, 1.82) is 0 Å². The van der Waals surface area contributed by atoms with Crippen LogP contribution in [0.5, 0.6) is 0 Å². The molecule has 23 nitrogen and oxygen atoms in total. The number of carboxylic acid groups (broad SMARTS) is 1. The van der Waals surface area contributed by atoms with E-state index >= 15 is 0 Å². The molecule has 23 heteroatoms. The van der Waals surface area contributed by atoms with E-state index in [4.69, 9.17) is 28.4 Å². The standard InChI is InChI=1S/C88H164N2O21/c1-4-6-8-10-12-14-16-18-20-22-24-26-27-28-29-30-31-32-33-34-35-36-37-38-39-40-41-42-44-46-48-50-52-54-56-58-60-62-75(98)90-69(70(95)61-59-57-55-53-51-49-47-45-43-25-23-21-19-17-15-13-11-9-7-5-2)67-106-85-80(102)79(101)82(74(66-93)108-85)109-86-81(103)84(78(100)73(65-92)107-86)111-88(87(104)105)63-71(96)76(89-68(3)94)83(110-88)77(99)72(97)64-91/h29-30,32-33,69-74,76-86,91-93,95-97,99-103H,4-28,31,34-67H2,1-3H3,(H,89,94)(H,90,98)(H,104,105)/b30-29-,33-32-. The number of carbonyl (C=O) groups is 3. The van der Waals surface area contributed by atoms with Gasteiger partial charge < -0.3 is 100 Å². The van der Waals surface area contributed by atoms with Gasteiger partial charge >= 0.3 is 5.97 Å². The van der Waals surface area contributed by atoms with E-state index in [9.17, 15) is 75.7 Å². The third kappa shape index (κ3) is 45.1. The molecule has 0 saturated carbocycles. The summed E-state index contributed by atoms with van der Waals surface area (Å²) in [4.78, 5) is 38.8. The first-order valence-electron chi connectivity index (χ1n) is 45.2. The minimum Gasteiger partial charge on any atom is -0.477 e. The van der Waals surface area contributed by atoms with E-state index in [0.717, 1.165) is 64.7 Å². The Bertz CT molecular complexity index is 2290. The van der Waals surface area contributed by atoms with E-state index in [2.05, 4.69) is 48.8 Å². The molecule has 3 heterocycles. The topological polar surface area (TPSA) is 373 Å². The van der Waals surface area contributed by atoms with Crippen LogP contribution in [0.15, 0.2) is 24.3 Å². The Morgan fingerprint density at radius 3 is 1.26 bits per heavy atom. The number of unbranched alkanes of at least 4 members (excludes halogenated alkanes) is 49. The molecule has 652 valence electrons. The minimum atomic E-state index is -3.08.